The molecule has 1 amide bonds. The van der Waals surface area contributed by atoms with Crippen molar-refractivity contribution in [3.05, 3.63) is 30.3 Å². The van der Waals surface area contributed by atoms with E-state index in [0.717, 1.165) is 18.5 Å². The predicted molar refractivity (Wildman–Crippen MR) is 83.9 cm³/mol. The van der Waals surface area contributed by atoms with Crippen LogP contribution in [0.25, 0.3) is 0 Å². The van der Waals surface area contributed by atoms with Gasteiger partial charge in [-0.25, -0.2) is 0 Å². The third-order valence-electron chi connectivity index (χ3n) is 4.83. The van der Waals surface area contributed by atoms with Gasteiger partial charge in [-0.05, 0) is 49.7 Å². The molecule has 0 spiro atoms. The number of halogens is 1. The van der Waals surface area contributed by atoms with Crippen LogP contribution in [0.1, 0.15) is 32.1 Å². The van der Waals surface area contributed by atoms with Crippen molar-refractivity contribution in [2.24, 2.45) is 23.5 Å². The zero-order valence-corrected chi connectivity index (χ0v) is 12.4. The van der Waals surface area contributed by atoms with Crippen molar-refractivity contribution in [3.8, 4) is 0 Å². The van der Waals surface area contributed by atoms with Gasteiger partial charge in [0.1, 0.15) is 0 Å². The number of fused-ring (bicyclic) bond motifs is 2. The Hall–Kier alpha value is -1.06. The summed E-state index contributed by atoms with van der Waals surface area (Å²) < 4.78 is 0. The standard InChI is InChI=1S/C16H22N2O.ClH/c17-15-11-5-4-6-12(15)10-13(9-11)16(19)18-14-7-2-1-3-8-14;/h1-3,7-8,11-13,15H,4-6,9-10,17H2,(H,18,19);1H. The van der Waals surface area contributed by atoms with E-state index in [1.807, 2.05) is 30.3 Å². The molecule has 20 heavy (non-hydrogen) atoms. The molecule has 2 aliphatic carbocycles. The van der Waals surface area contributed by atoms with E-state index in [1.165, 1.54) is 19.3 Å². The smallest absolute Gasteiger partial charge is 0.227 e. The van der Waals surface area contributed by atoms with Gasteiger partial charge in [-0.3, -0.25) is 4.79 Å². The van der Waals surface area contributed by atoms with Gasteiger partial charge in [-0.1, -0.05) is 24.6 Å². The number of nitrogens with one attached hydrogen (secondary N) is 1. The highest BCUT2D eigenvalue weighted by Crippen LogP contribution is 2.42. The molecule has 3 N–H and O–H groups in total. The lowest BCUT2D eigenvalue weighted by Crippen LogP contribution is -2.48. The van der Waals surface area contributed by atoms with Gasteiger partial charge in [-0.15, -0.1) is 12.4 Å². The first-order valence-electron chi connectivity index (χ1n) is 7.35. The number of hydrogen-bond acceptors (Lipinski definition) is 2. The summed E-state index contributed by atoms with van der Waals surface area (Å²) in [7, 11) is 0. The third-order valence-corrected chi connectivity index (χ3v) is 4.83. The van der Waals surface area contributed by atoms with Crippen LogP contribution >= 0.6 is 12.4 Å². The number of nitrogens with two attached hydrogens (primary N) is 1. The summed E-state index contributed by atoms with van der Waals surface area (Å²) in [4.78, 5) is 12.4. The predicted octanol–water partition coefficient (Wildman–Crippen LogP) is 3.20. The number of carbonyl (C=O) groups excluding carboxylic acids is 1. The number of para-hydroxylation sites is 1. The van der Waals surface area contributed by atoms with Crippen LogP contribution in [0.4, 0.5) is 5.69 Å². The van der Waals surface area contributed by atoms with Gasteiger partial charge in [0, 0.05) is 17.6 Å². The lowest BCUT2D eigenvalue weighted by atomic mass is 9.65. The Morgan fingerprint density at radius 2 is 1.70 bits per heavy atom. The zero-order chi connectivity index (χ0) is 13.2. The van der Waals surface area contributed by atoms with Crippen LogP contribution in [0.2, 0.25) is 0 Å². The molecule has 2 bridgehead atoms. The highest BCUT2D eigenvalue weighted by Gasteiger charge is 2.40. The molecule has 0 aromatic heterocycles. The van der Waals surface area contributed by atoms with Gasteiger partial charge < -0.3 is 11.1 Å². The summed E-state index contributed by atoms with van der Waals surface area (Å²) in [5.74, 6) is 1.43. The first-order valence-corrected chi connectivity index (χ1v) is 7.35. The fourth-order valence-corrected chi connectivity index (χ4v) is 3.77. The Morgan fingerprint density at radius 1 is 1.10 bits per heavy atom. The summed E-state index contributed by atoms with van der Waals surface area (Å²) >= 11 is 0. The lowest BCUT2D eigenvalue weighted by Gasteiger charge is -2.43. The second-order valence-electron chi connectivity index (χ2n) is 6.05. The molecule has 4 heteroatoms. The van der Waals surface area contributed by atoms with E-state index < -0.39 is 0 Å². The van der Waals surface area contributed by atoms with Gasteiger partial charge in [0.2, 0.25) is 5.91 Å². The molecular formula is C16H23ClN2O. The highest BCUT2D eigenvalue weighted by molar-refractivity contribution is 5.92. The number of carbonyl (C=O) groups is 1. The Morgan fingerprint density at radius 3 is 2.30 bits per heavy atom. The zero-order valence-electron chi connectivity index (χ0n) is 11.6. The van der Waals surface area contributed by atoms with Crippen LogP contribution in [0.15, 0.2) is 30.3 Å². The van der Waals surface area contributed by atoms with Crippen molar-refractivity contribution in [1.29, 1.82) is 0 Å². The summed E-state index contributed by atoms with van der Waals surface area (Å²) in [5, 5.41) is 3.04. The van der Waals surface area contributed by atoms with Crippen LogP contribution in [0, 0.1) is 17.8 Å². The number of anilines is 1. The van der Waals surface area contributed by atoms with Crippen LogP contribution in [-0.4, -0.2) is 11.9 Å². The van der Waals surface area contributed by atoms with E-state index in [4.69, 9.17) is 5.73 Å². The average Bonchev–Trinajstić information content (AvgIpc) is 2.39. The fraction of sp³-hybridized carbons (Fsp3) is 0.562. The molecule has 0 radical (unpaired) electrons. The van der Waals surface area contributed by atoms with E-state index in [1.54, 1.807) is 0 Å². The largest absolute Gasteiger partial charge is 0.327 e. The van der Waals surface area contributed by atoms with Crippen molar-refractivity contribution >= 4 is 24.0 Å². The van der Waals surface area contributed by atoms with Gasteiger partial charge in [0.05, 0.1) is 0 Å². The Balaban J connectivity index is 0.00000147. The normalized spacial score (nSPS) is 32.0. The molecule has 2 atom stereocenters. The molecular weight excluding hydrogens is 272 g/mol. The molecule has 3 rings (SSSR count). The first kappa shape index (κ1) is 15.3. The van der Waals surface area contributed by atoms with Crippen LogP contribution in [0.5, 0.6) is 0 Å². The molecule has 110 valence electrons. The third kappa shape index (κ3) is 3.15. The quantitative estimate of drug-likeness (QED) is 0.880. The highest BCUT2D eigenvalue weighted by atomic mass is 35.5. The topological polar surface area (TPSA) is 55.1 Å². The van der Waals surface area contributed by atoms with E-state index >= 15 is 0 Å². The molecule has 1 aromatic carbocycles. The molecule has 0 aliphatic heterocycles. The number of rotatable bonds is 2. The Kier molecular flexibility index (Phi) is 5.06. The van der Waals surface area contributed by atoms with E-state index in [2.05, 4.69) is 5.32 Å². The maximum absolute atomic E-state index is 12.4. The summed E-state index contributed by atoms with van der Waals surface area (Å²) in [6.07, 6.45) is 5.63. The lowest BCUT2D eigenvalue weighted by molar-refractivity contribution is -0.122. The summed E-state index contributed by atoms with van der Waals surface area (Å²) in [5.41, 5.74) is 7.16. The maximum atomic E-state index is 12.4. The van der Waals surface area contributed by atoms with E-state index in [0.29, 0.717) is 17.9 Å². The Labute approximate surface area is 126 Å². The average molecular weight is 295 g/mol. The van der Waals surface area contributed by atoms with Crippen LogP contribution in [-0.2, 0) is 4.79 Å². The van der Waals surface area contributed by atoms with E-state index in [9.17, 15) is 4.79 Å². The number of benzene rings is 1. The molecule has 0 heterocycles. The molecule has 0 saturated heterocycles. The van der Waals surface area contributed by atoms with Crippen molar-refractivity contribution in [2.45, 2.75) is 38.1 Å². The van der Waals surface area contributed by atoms with Crippen molar-refractivity contribution in [3.63, 3.8) is 0 Å². The van der Waals surface area contributed by atoms with Crippen molar-refractivity contribution in [1.82, 2.24) is 0 Å². The van der Waals surface area contributed by atoms with Crippen LogP contribution in [0.3, 0.4) is 0 Å². The maximum Gasteiger partial charge on any atom is 0.227 e. The molecule has 2 fully saturated rings. The Bertz CT molecular complexity index is 437. The second kappa shape index (κ2) is 6.59. The summed E-state index contributed by atoms with van der Waals surface area (Å²) in [6, 6.07) is 10.1. The molecule has 3 nitrogen and oxygen atoms in total. The molecule has 2 aliphatic rings. The minimum Gasteiger partial charge on any atom is -0.327 e. The summed E-state index contributed by atoms with van der Waals surface area (Å²) in [6.45, 7) is 0. The van der Waals surface area contributed by atoms with Crippen LogP contribution < -0.4 is 11.1 Å². The number of hydrogen-bond donors (Lipinski definition) is 2. The van der Waals surface area contributed by atoms with E-state index in [-0.39, 0.29) is 24.2 Å². The molecule has 2 unspecified atom stereocenters. The number of amides is 1. The first-order chi connectivity index (χ1) is 9.24. The molecule has 1 aromatic rings. The second-order valence-corrected chi connectivity index (χ2v) is 6.05. The minimum absolute atomic E-state index is 0. The van der Waals surface area contributed by atoms with Crippen molar-refractivity contribution in [2.75, 3.05) is 5.32 Å². The SMILES string of the molecule is Cl.NC1C2CCCC1CC(C(=O)Nc1ccccc1)C2. The van der Waals surface area contributed by atoms with Gasteiger partial charge >= 0.3 is 0 Å². The molecule has 2 saturated carbocycles. The van der Waals surface area contributed by atoms with Gasteiger partial charge in [-0.2, -0.15) is 0 Å². The minimum atomic E-state index is 0. The van der Waals surface area contributed by atoms with Gasteiger partial charge in [0.15, 0.2) is 0 Å². The fourth-order valence-electron chi connectivity index (χ4n) is 3.77. The van der Waals surface area contributed by atoms with Gasteiger partial charge in [0.25, 0.3) is 0 Å². The monoisotopic (exact) mass is 294 g/mol. The van der Waals surface area contributed by atoms with Crippen molar-refractivity contribution < 1.29 is 4.79 Å².